The Hall–Kier alpha value is -3.25. The Bertz CT molecular complexity index is 1690. The zero-order chi connectivity index (χ0) is 33.2. The first-order valence-corrected chi connectivity index (χ1v) is 18.1. The van der Waals surface area contributed by atoms with Crippen LogP contribution in [0.4, 0.5) is 4.79 Å². The van der Waals surface area contributed by atoms with Crippen LogP contribution in [0.1, 0.15) is 62.3 Å². The summed E-state index contributed by atoms with van der Waals surface area (Å²) in [6, 6.07) is 13.7. The first-order valence-electron chi connectivity index (χ1n) is 15.3. The van der Waals surface area contributed by atoms with Gasteiger partial charge in [-0.25, -0.2) is 18.2 Å². The molecule has 0 unspecified atom stereocenters. The lowest BCUT2D eigenvalue weighted by Gasteiger charge is -2.39. The molecule has 3 aromatic rings. The van der Waals surface area contributed by atoms with E-state index in [2.05, 4.69) is 4.90 Å². The fraction of sp³-hybridized carbons (Fsp3) is 0.455. The Labute approximate surface area is 281 Å². The first-order chi connectivity index (χ1) is 21.7. The summed E-state index contributed by atoms with van der Waals surface area (Å²) >= 11 is 12.6. The Kier molecular flexibility index (Phi) is 10.3. The highest BCUT2D eigenvalue weighted by Crippen LogP contribution is 2.45. The molecular weight excluding hydrogens is 647 g/mol. The number of aliphatic imine (C=N–C) groups is 1. The second kappa shape index (κ2) is 13.9. The summed E-state index contributed by atoms with van der Waals surface area (Å²) < 4.78 is 29.6. The van der Waals surface area contributed by atoms with Crippen molar-refractivity contribution in [3.8, 4) is 5.88 Å². The molecule has 0 bridgehead atoms. The molecule has 0 radical (unpaired) electrons. The Balaban J connectivity index is 1.60. The smallest absolute Gasteiger partial charge is 0.326 e. The highest BCUT2D eigenvalue weighted by molar-refractivity contribution is 7.90. The van der Waals surface area contributed by atoms with E-state index >= 15 is 0 Å². The molecule has 46 heavy (non-hydrogen) atoms. The molecule has 2 atom stereocenters. The molecule has 5 rings (SSSR count). The molecule has 0 aliphatic carbocycles. The molecule has 1 aromatic heterocycles. The number of halogens is 2. The van der Waals surface area contributed by atoms with Gasteiger partial charge in [0.15, 0.2) is 0 Å². The topological polar surface area (TPSA) is 108 Å². The second-order valence-electron chi connectivity index (χ2n) is 12.7. The van der Waals surface area contributed by atoms with E-state index in [4.69, 9.17) is 42.9 Å². The van der Waals surface area contributed by atoms with Crippen molar-refractivity contribution in [1.29, 1.82) is 0 Å². The first kappa shape index (κ1) is 34.1. The van der Waals surface area contributed by atoms with Gasteiger partial charge < -0.3 is 9.64 Å². The van der Waals surface area contributed by atoms with Crippen molar-refractivity contribution in [3.05, 3.63) is 87.3 Å². The van der Waals surface area contributed by atoms with Crippen LogP contribution in [0.5, 0.6) is 5.88 Å². The Morgan fingerprint density at radius 3 is 2.09 bits per heavy atom. The van der Waals surface area contributed by atoms with E-state index < -0.39 is 21.9 Å². The number of ether oxygens (including phenoxy) is 1. The van der Waals surface area contributed by atoms with Gasteiger partial charge in [-0.05, 0) is 42.3 Å². The number of hydrogen-bond acceptors (Lipinski definition) is 8. The van der Waals surface area contributed by atoms with Crippen LogP contribution >= 0.6 is 23.2 Å². The summed E-state index contributed by atoms with van der Waals surface area (Å²) in [5, 5.41) is 1.18. The molecule has 0 spiro atoms. The fourth-order valence-electron chi connectivity index (χ4n) is 5.59. The summed E-state index contributed by atoms with van der Waals surface area (Å²) in [6.07, 6.45) is 2.94. The van der Waals surface area contributed by atoms with Gasteiger partial charge in [0.2, 0.25) is 5.88 Å². The molecule has 246 valence electrons. The molecule has 2 aliphatic heterocycles. The normalized spacial score (nSPS) is 19.3. The maximum atomic E-state index is 14.7. The number of aromatic nitrogens is 2. The van der Waals surface area contributed by atoms with E-state index in [-0.39, 0.29) is 17.2 Å². The Morgan fingerprint density at radius 2 is 1.54 bits per heavy atom. The van der Waals surface area contributed by atoms with Gasteiger partial charge in [-0.3, -0.25) is 14.8 Å². The quantitative estimate of drug-likeness (QED) is 0.294. The summed E-state index contributed by atoms with van der Waals surface area (Å²) in [6.45, 7) is 10.8. The van der Waals surface area contributed by atoms with Crippen LogP contribution in [0.15, 0.2) is 59.7 Å². The number of amides is 2. The molecule has 10 nitrogen and oxygen atoms in total. The third kappa shape index (κ3) is 7.82. The fourth-order valence-corrected chi connectivity index (χ4v) is 6.43. The van der Waals surface area contributed by atoms with E-state index in [0.29, 0.717) is 72.5 Å². The van der Waals surface area contributed by atoms with E-state index in [0.717, 1.165) is 11.1 Å². The molecule has 0 saturated carbocycles. The van der Waals surface area contributed by atoms with Crippen molar-refractivity contribution in [1.82, 2.24) is 24.7 Å². The predicted molar refractivity (Wildman–Crippen MR) is 182 cm³/mol. The van der Waals surface area contributed by atoms with Gasteiger partial charge in [0.25, 0.3) is 0 Å². The van der Waals surface area contributed by atoms with E-state index in [1.54, 1.807) is 16.0 Å². The number of benzene rings is 2. The van der Waals surface area contributed by atoms with Gasteiger partial charge in [0.05, 0.1) is 24.0 Å². The number of carbonyl (C=O) groups is 1. The molecule has 0 N–H and O–H groups in total. The van der Waals surface area contributed by atoms with Crippen molar-refractivity contribution >= 4 is 44.9 Å². The van der Waals surface area contributed by atoms with Crippen molar-refractivity contribution in [3.63, 3.8) is 0 Å². The maximum absolute atomic E-state index is 14.7. The number of rotatable bonds is 8. The van der Waals surface area contributed by atoms with Crippen LogP contribution in [0.2, 0.25) is 10.0 Å². The van der Waals surface area contributed by atoms with Crippen LogP contribution < -0.4 is 4.74 Å². The number of nitrogens with zero attached hydrogens (tertiary/aromatic N) is 6. The minimum atomic E-state index is -3.09. The van der Waals surface area contributed by atoms with Crippen LogP contribution in [0, 0.1) is 0 Å². The maximum Gasteiger partial charge on any atom is 0.326 e. The van der Waals surface area contributed by atoms with E-state index in [1.165, 1.54) is 6.26 Å². The average molecular weight is 688 g/mol. The highest BCUT2D eigenvalue weighted by atomic mass is 35.5. The van der Waals surface area contributed by atoms with Gasteiger partial charge in [-0.1, -0.05) is 68.2 Å². The number of urea groups is 1. The number of amidine groups is 1. The van der Waals surface area contributed by atoms with Crippen molar-refractivity contribution in [2.24, 2.45) is 4.99 Å². The standard InChI is InChI=1S/C33H40Cl2N6O4S/c1-6-45-30-26(21-36-31(38-30)33(2,3)4)29-37-27(22-7-11-24(34)12-8-22)28(23-9-13-25(35)14-10-23)41(29)32(42)40-17-15-39(16-18-40)19-20-46(5,43)44/h7-14,21,27-28H,6,15-20H2,1-5H3/t27-,28+/m0/s1. The van der Waals surface area contributed by atoms with Gasteiger partial charge in [-0.2, -0.15) is 4.98 Å². The summed E-state index contributed by atoms with van der Waals surface area (Å²) in [7, 11) is -3.09. The molecule has 2 amide bonds. The van der Waals surface area contributed by atoms with E-state index in [1.807, 2.05) is 76.2 Å². The largest absolute Gasteiger partial charge is 0.477 e. The number of sulfone groups is 1. The van der Waals surface area contributed by atoms with E-state index in [9.17, 15) is 13.2 Å². The van der Waals surface area contributed by atoms with Crippen LogP contribution in [0.25, 0.3) is 0 Å². The lowest BCUT2D eigenvalue weighted by molar-refractivity contribution is 0.122. The summed E-state index contributed by atoms with van der Waals surface area (Å²) in [5.74, 6) is 1.46. The molecule has 2 aromatic carbocycles. The second-order valence-corrected chi connectivity index (χ2v) is 15.8. The lowest BCUT2D eigenvalue weighted by atomic mass is 9.93. The molecule has 2 aliphatic rings. The summed E-state index contributed by atoms with van der Waals surface area (Å²) in [4.78, 5) is 35.0. The Morgan fingerprint density at radius 1 is 0.957 bits per heavy atom. The number of carbonyl (C=O) groups excluding carboxylic acids is 1. The minimum absolute atomic E-state index is 0.0794. The van der Waals surface area contributed by atoms with Crippen molar-refractivity contribution in [2.75, 3.05) is 51.3 Å². The SMILES string of the molecule is CCOc1nc(C(C)(C)C)ncc1C1=N[C@@H](c2ccc(Cl)cc2)[C@@H](c2ccc(Cl)cc2)N1C(=O)N1CCN(CCS(C)(=O)=O)CC1. The molecule has 3 heterocycles. The van der Waals surface area contributed by atoms with Gasteiger partial charge in [-0.15, -0.1) is 0 Å². The number of piperazine rings is 1. The van der Waals surface area contributed by atoms with Crippen LogP contribution in [-0.2, 0) is 15.3 Å². The summed E-state index contributed by atoms with van der Waals surface area (Å²) in [5.41, 5.74) is 1.93. The monoisotopic (exact) mass is 686 g/mol. The molecular formula is C33H40Cl2N6O4S. The third-order valence-electron chi connectivity index (χ3n) is 8.06. The molecule has 13 heteroatoms. The highest BCUT2D eigenvalue weighted by Gasteiger charge is 2.45. The molecule has 1 fully saturated rings. The van der Waals surface area contributed by atoms with Crippen LogP contribution in [0.3, 0.4) is 0 Å². The van der Waals surface area contributed by atoms with Gasteiger partial charge in [0, 0.05) is 60.6 Å². The van der Waals surface area contributed by atoms with Gasteiger partial charge >= 0.3 is 6.03 Å². The van der Waals surface area contributed by atoms with Crippen LogP contribution in [-0.4, -0.2) is 96.3 Å². The minimum Gasteiger partial charge on any atom is -0.477 e. The van der Waals surface area contributed by atoms with Crippen molar-refractivity contribution < 1.29 is 17.9 Å². The predicted octanol–water partition coefficient (Wildman–Crippen LogP) is 5.81. The number of hydrogen-bond donors (Lipinski definition) is 0. The average Bonchev–Trinajstić information content (AvgIpc) is 3.40. The lowest BCUT2D eigenvalue weighted by Crippen LogP contribution is -2.54. The molecule has 1 saturated heterocycles. The zero-order valence-electron chi connectivity index (χ0n) is 26.8. The third-order valence-corrected chi connectivity index (χ3v) is 9.49. The zero-order valence-corrected chi connectivity index (χ0v) is 29.1. The van der Waals surface area contributed by atoms with Gasteiger partial charge in [0.1, 0.15) is 27.5 Å². The van der Waals surface area contributed by atoms with Crippen molar-refractivity contribution in [2.45, 2.75) is 45.2 Å².